The summed E-state index contributed by atoms with van der Waals surface area (Å²) >= 11 is 0. The first kappa shape index (κ1) is 14.6. The molecule has 3 rings (SSSR count). The van der Waals surface area contributed by atoms with Crippen LogP contribution in [0.2, 0.25) is 0 Å². The molecule has 0 saturated heterocycles. The monoisotopic (exact) mass is 312 g/mol. The van der Waals surface area contributed by atoms with Crippen molar-refractivity contribution in [1.82, 2.24) is 5.32 Å². The Kier molecular flexibility index (Phi) is 3.46. The Balaban J connectivity index is 1.91. The predicted octanol–water partition coefficient (Wildman–Crippen LogP) is 1.53. The Labute approximate surface area is 129 Å². The van der Waals surface area contributed by atoms with Crippen LogP contribution in [-0.2, 0) is 4.79 Å². The molecular weight excluding hydrogens is 303 g/mol. The Bertz CT molecular complexity index is 876. The van der Waals surface area contributed by atoms with Crippen LogP contribution in [0.5, 0.6) is 0 Å². The molecule has 114 valence electrons. The maximum atomic E-state index is 13.6. The molecule has 2 aromatic carbocycles. The van der Waals surface area contributed by atoms with Crippen molar-refractivity contribution in [3.05, 3.63) is 65.0 Å². The van der Waals surface area contributed by atoms with E-state index < -0.39 is 29.3 Å². The topological polar surface area (TPSA) is 92.3 Å². The number of imide groups is 1. The van der Waals surface area contributed by atoms with Gasteiger partial charge < -0.3 is 5.32 Å². The molecule has 0 fully saturated rings. The van der Waals surface area contributed by atoms with Crippen LogP contribution in [0.1, 0.15) is 31.1 Å². The van der Waals surface area contributed by atoms with Gasteiger partial charge in [-0.15, -0.1) is 0 Å². The van der Waals surface area contributed by atoms with Gasteiger partial charge in [0.25, 0.3) is 23.5 Å². The molecule has 0 radical (unpaired) electrons. The number of hydrogen-bond acceptors (Lipinski definition) is 4. The fraction of sp³-hybridized carbons (Fsp3) is 0. The zero-order valence-corrected chi connectivity index (χ0v) is 11.6. The van der Waals surface area contributed by atoms with Crippen LogP contribution in [0.3, 0.4) is 0 Å². The SMILES string of the molecule is O=C1NC(=O)c2cc(NC(=O)c3ccccc3F)ccc2C1=O. The second-order valence-electron chi connectivity index (χ2n) is 4.81. The van der Waals surface area contributed by atoms with Crippen molar-refractivity contribution in [3.63, 3.8) is 0 Å². The molecule has 1 heterocycles. The fourth-order valence-electron chi connectivity index (χ4n) is 2.20. The van der Waals surface area contributed by atoms with E-state index in [1.165, 1.54) is 36.4 Å². The highest BCUT2D eigenvalue weighted by Crippen LogP contribution is 2.20. The summed E-state index contributed by atoms with van der Waals surface area (Å²) in [5, 5.41) is 4.35. The molecule has 1 aliphatic heterocycles. The number of halogens is 1. The minimum atomic E-state index is -0.995. The average Bonchev–Trinajstić information content (AvgIpc) is 2.53. The van der Waals surface area contributed by atoms with Crippen molar-refractivity contribution < 1.29 is 23.6 Å². The highest BCUT2D eigenvalue weighted by Gasteiger charge is 2.30. The molecule has 0 unspecified atom stereocenters. The molecule has 1 aliphatic rings. The smallest absolute Gasteiger partial charge is 0.299 e. The zero-order valence-electron chi connectivity index (χ0n) is 11.6. The van der Waals surface area contributed by atoms with Crippen molar-refractivity contribution in [3.8, 4) is 0 Å². The second-order valence-corrected chi connectivity index (χ2v) is 4.81. The van der Waals surface area contributed by atoms with E-state index in [2.05, 4.69) is 5.32 Å². The summed E-state index contributed by atoms with van der Waals surface area (Å²) in [4.78, 5) is 46.7. The molecular formula is C16H9FN2O4. The number of carbonyl (C=O) groups is 4. The lowest BCUT2D eigenvalue weighted by molar-refractivity contribution is -0.116. The van der Waals surface area contributed by atoms with E-state index in [4.69, 9.17) is 0 Å². The Morgan fingerprint density at radius 2 is 1.70 bits per heavy atom. The number of anilines is 1. The van der Waals surface area contributed by atoms with Gasteiger partial charge in [0.2, 0.25) is 0 Å². The Morgan fingerprint density at radius 3 is 2.43 bits per heavy atom. The number of amides is 3. The van der Waals surface area contributed by atoms with Gasteiger partial charge >= 0.3 is 0 Å². The van der Waals surface area contributed by atoms with Gasteiger partial charge in [0, 0.05) is 11.3 Å². The summed E-state index contributed by atoms with van der Waals surface area (Å²) in [5.74, 6) is -3.92. The highest BCUT2D eigenvalue weighted by molar-refractivity contribution is 6.49. The Morgan fingerprint density at radius 1 is 0.957 bits per heavy atom. The molecule has 0 spiro atoms. The first-order valence-corrected chi connectivity index (χ1v) is 6.57. The number of ketones is 1. The van der Waals surface area contributed by atoms with E-state index in [0.717, 1.165) is 6.07 Å². The van der Waals surface area contributed by atoms with Crippen molar-refractivity contribution in [2.45, 2.75) is 0 Å². The van der Waals surface area contributed by atoms with Gasteiger partial charge in [-0.05, 0) is 30.3 Å². The predicted molar refractivity (Wildman–Crippen MR) is 77.6 cm³/mol. The Hall–Kier alpha value is -3.35. The number of rotatable bonds is 2. The summed E-state index contributed by atoms with van der Waals surface area (Å²) < 4.78 is 13.6. The number of Topliss-reactive ketones (excluding diaryl/α,β-unsaturated/α-hetero) is 1. The van der Waals surface area contributed by atoms with Gasteiger partial charge in [0.1, 0.15) is 5.82 Å². The molecule has 0 saturated carbocycles. The van der Waals surface area contributed by atoms with Crippen molar-refractivity contribution in [1.29, 1.82) is 0 Å². The zero-order chi connectivity index (χ0) is 16.6. The first-order chi connectivity index (χ1) is 11.0. The normalized spacial score (nSPS) is 13.3. The molecule has 0 bridgehead atoms. The maximum Gasteiger partial charge on any atom is 0.299 e. The summed E-state index contributed by atoms with van der Waals surface area (Å²) in [7, 11) is 0. The van der Waals surface area contributed by atoms with Gasteiger partial charge in [-0.25, -0.2) is 4.39 Å². The van der Waals surface area contributed by atoms with Crippen LogP contribution in [0, 0.1) is 5.82 Å². The first-order valence-electron chi connectivity index (χ1n) is 6.57. The van der Waals surface area contributed by atoms with Gasteiger partial charge in [0.15, 0.2) is 0 Å². The van der Waals surface area contributed by atoms with Crippen LogP contribution in [-0.4, -0.2) is 23.5 Å². The van der Waals surface area contributed by atoms with E-state index in [0.29, 0.717) is 0 Å². The molecule has 2 N–H and O–H groups in total. The molecule has 0 atom stereocenters. The minimum Gasteiger partial charge on any atom is -0.322 e. The molecule has 3 amide bonds. The molecule has 23 heavy (non-hydrogen) atoms. The maximum absolute atomic E-state index is 13.6. The quantitative estimate of drug-likeness (QED) is 0.650. The number of fused-ring (bicyclic) bond motifs is 1. The van der Waals surface area contributed by atoms with Crippen molar-refractivity contribution in [2.75, 3.05) is 5.32 Å². The van der Waals surface area contributed by atoms with Crippen LogP contribution >= 0.6 is 0 Å². The van der Waals surface area contributed by atoms with Gasteiger partial charge in [-0.3, -0.25) is 24.5 Å². The van der Waals surface area contributed by atoms with E-state index in [1.807, 2.05) is 5.32 Å². The molecule has 2 aromatic rings. The number of nitrogens with one attached hydrogen (secondary N) is 2. The molecule has 7 heteroatoms. The minimum absolute atomic E-state index is 0.0269. The molecule has 6 nitrogen and oxygen atoms in total. The summed E-state index contributed by atoms with van der Waals surface area (Å²) in [6, 6.07) is 9.33. The van der Waals surface area contributed by atoms with E-state index in [1.54, 1.807) is 0 Å². The van der Waals surface area contributed by atoms with Gasteiger partial charge in [-0.1, -0.05) is 12.1 Å². The van der Waals surface area contributed by atoms with Crippen LogP contribution in [0.4, 0.5) is 10.1 Å². The van der Waals surface area contributed by atoms with Crippen LogP contribution < -0.4 is 10.6 Å². The number of benzene rings is 2. The summed E-state index contributed by atoms with van der Waals surface area (Å²) in [6.45, 7) is 0. The number of hydrogen-bond donors (Lipinski definition) is 2. The third kappa shape index (κ3) is 2.59. The standard InChI is InChI=1S/C16H9FN2O4/c17-12-4-2-1-3-10(12)14(21)18-8-5-6-9-11(7-8)15(22)19-16(23)13(9)20/h1-7H,(H,18,21)(H,19,22,23). The lowest BCUT2D eigenvalue weighted by Gasteiger charge is -2.15. The average molecular weight is 312 g/mol. The van der Waals surface area contributed by atoms with Crippen molar-refractivity contribution >= 4 is 29.2 Å². The lowest BCUT2D eigenvalue weighted by atomic mass is 9.98. The summed E-state index contributed by atoms with van der Waals surface area (Å²) in [5.41, 5.74) is -0.0150. The largest absolute Gasteiger partial charge is 0.322 e. The van der Waals surface area contributed by atoms with Gasteiger partial charge in [-0.2, -0.15) is 0 Å². The van der Waals surface area contributed by atoms with Gasteiger partial charge in [0.05, 0.1) is 11.1 Å². The van der Waals surface area contributed by atoms with Crippen LogP contribution in [0.15, 0.2) is 42.5 Å². The second kappa shape index (κ2) is 5.45. The fourth-order valence-corrected chi connectivity index (χ4v) is 2.20. The van der Waals surface area contributed by atoms with E-state index >= 15 is 0 Å². The third-order valence-electron chi connectivity index (χ3n) is 3.32. The van der Waals surface area contributed by atoms with E-state index in [-0.39, 0.29) is 22.4 Å². The van der Waals surface area contributed by atoms with Crippen molar-refractivity contribution in [2.24, 2.45) is 0 Å². The summed E-state index contributed by atoms with van der Waals surface area (Å²) in [6.07, 6.45) is 0. The van der Waals surface area contributed by atoms with Crippen LogP contribution in [0.25, 0.3) is 0 Å². The highest BCUT2D eigenvalue weighted by atomic mass is 19.1. The number of carbonyl (C=O) groups excluding carboxylic acids is 4. The third-order valence-corrected chi connectivity index (χ3v) is 3.32. The molecule has 0 aromatic heterocycles. The lowest BCUT2D eigenvalue weighted by Crippen LogP contribution is -2.42. The molecule has 0 aliphatic carbocycles. The van der Waals surface area contributed by atoms with E-state index in [9.17, 15) is 23.6 Å².